The highest BCUT2D eigenvalue weighted by atomic mass is 16.6. The number of likely N-dealkylation sites (N-methyl/N-ethyl adjacent to an activating group) is 1. The van der Waals surface area contributed by atoms with E-state index in [2.05, 4.69) is 5.32 Å². The molecule has 0 unspecified atom stereocenters. The molecule has 0 radical (unpaired) electrons. The van der Waals surface area contributed by atoms with Crippen molar-refractivity contribution in [3.05, 3.63) is 23.8 Å². The Kier molecular flexibility index (Phi) is 4.67. The normalized spacial score (nSPS) is 13.0. The van der Waals surface area contributed by atoms with Gasteiger partial charge in [0, 0.05) is 18.7 Å². The summed E-state index contributed by atoms with van der Waals surface area (Å²) >= 11 is 0. The van der Waals surface area contributed by atoms with Gasteiger partial charge < -0.3 is 19.7 Å². The molecule has 0 spiro atoms. The second-order valence-electron chi connectivity index (χ2n) is 5.24. The number of hydrogen-bond acceptors (Lipinski definition) is 4. The van der Waals surface area contributed by atoms with E-state index in [-0.39, 0.29) is 24.4 Å². The number of fused-ring (bicyclic) bond motifs is 1. The maximum absolute atomic E-state index is 12.3. The van der Waals surface area contributed by atoms with Crippen molar-refractivity contribution in [3.63, 3.8) is 0 Å². The molecule has 0 aliphatic carbocycles. The Bertz CT molecular complexity index is 542. The van der Waals surface area contributed by atoms with Gasteiger partial charge in [-0.15, -0.1) is 0 Å². The molecular formula is C15H20N2O4. The lowest BCUT2D eigenvalue weighted by Crippen LogP contribution is -2.40. The summed E-state index contributed by atoms with van der Waals surface area (Å²) in [4.78, 5) is 25.4. The van der Waals surface area contributed by atoms with Gasteiger partial charge in [0.15, 0.2) is 11.5 Å². The van der Waals surface area contributed by atoms with Crippen LogP contribution in [0.3, 0.4) is 0 Å². The number of carbonyl (C=O) groups excluding carboxylic acids is 2. The molecule has 2 amide bonds. The molecule has 1 aromatic carbocycles. The monoisotopic (exact) mass is 292 g/mol. The van der Waals surface area contributed by atoms with Gasteiger partial charge in [-0.3, -0.25) is 9.59 Å². The van der Waals surface area contributed by atoms with Crippen LogP contribution in [-0.4, -0.2) is 49.6 Å². The lowest BCUT2D eigenvalue weighted by Gasteiger charge is -2.21. The van der Waals surface area contributed by atoms with Crippen molar-refractivity contribution in [2.75, 3.05) is 26.8 Å². The van der Waals surface area contributed by atoms with E-state index in [1.54, 1.807) is 25.2 Å². The van der Waals surface area contributed by atoms with Crippen LogP contribution >= 0.6 is 0 Å². The fraction of sp³-hybridized carbons (Fsp3) is 0.467. The standard InChI is InChI=1S/C15H20N2O4/c1-10(2)16-14(18)9-17(3)15(19)11-4-5-12-13(8-11)21-7-6-20-12/h4-5,8,10H,6-7,9H2,1-3H3,(H,16,18). The van der Waals surface area contributed by atoms with Crippen molar-refractivity contribution in [3.8, 4) is 11.5 Å². The molecular weight excluding hydrogens is 272 g/mol. The summed E-state index contributed by atoms with van der Waals surface area (Å²) in [6.07, 6.45) is 0. The number of ether oxygens (including phenoxy) is 2. The maximum Gasteiger partial charge on any atom is 0.254 e. The Balaban J connectivity index is 2.03. The van der Waals surface area contributed by atoms with Gasteiger partial charge in [-0.05, 0) is 32.0 Å². The number of nitrogens with zero attached hydrogens (tertiary/aromatic N) is 1. The third kappa shape index (κ3) is 3.87. The van der Waals surface area contributed by atoms with Gasteiger partial charge in [0.05, 0.1) is 6.54 Å². The predicted molar refractivity (Wildman–Crippen MR) is 77.7 cm³/mol. The van der Waals surface area contributed by atoms with Crippen molar-refractivity contribution in [1.82, 2.24) is 10.2 Å². The van der Waals surface area contributed by atoms with Crippen LogP contribution < -0.4 is 14.8 Å². The van der Waals surface area contributed by atoms with E-state index in [0.717, 1.165) is 0 Å². The average Bonchev–Trinajstić information content (AvgIpc) is 2.45. The van der Waals surface area contributed by atoms with E-state index in [9.17, 15) is 9.59 Å². The zero-order valence-electron chi connectivity index (χ0n) is 12.5. The van der Waals surface area contributed by atoms with E-state index in [1.165, 1.54) is 4.90 Å². The van der Waals surface area contributed by atoms with Gasteiger partial charge in [-0.2, -0.15) is 0 Å². The molecule has 6 nitrogen and oxygen atoms in total. The van der Waals surface area contributed by atoms with Crippen molar-refractivity contribution < 1.29 is 19.1 Å². The minimum atomic E-state index is -0.231. The lowest BCUT2D eigenvalue weighted by molar-refractivity contribution is -0.122. The molecule has 1 heterocycles. The van der Waals surface area contributed by atoms with Crippen LogP contribution in [0.2, 0.25) is 0 Å². The summed E-state index contributed by atoms with van der Waals surface area (Å²) in [7, 11) is 1.60. The summed E-state index contributed by atoms with van der Waals surface area (Å²) in [6.45, 7) is 4.75. The molecule has 1 aliphatic rings. The summed E-state index contributed by atoms with van der Waals surface area (Å²) in [5, 5.41) is 2.75. The topological polar surface area (TPSA) is 67.9 Å². The number of nitrogens with one attached hydrogen (secondary N) is 1. The molecule has 0 saturated heterocycles. The summed E-state index contributed by atoms with van der Waals surface area (Å²) in [5.74, 6) is 0.786. The number of benzene rings is 1. The SMILES string of the molecule is CC(C)NC(=O)CN(C)C(=O)c1ccc2c(c1)OCCO2. The first-order valence-corrected chi connectivity index (χ1v) is 6.92. The van der Waals surface area contributed by atoms with E-state index in [1.807, 2.05) is 13.8 Å². The lowest BCUT2D eigenvalue weighted by atomic mass is 10.1. The predicted octanol–water partition coefficient (Wildman–Crippen LogP) is 1.05. The van der Waals surface area contributed by atoms with Gasteiger partial charge in [0.2, 0.25) is 5.91 Å². The molecule has 1 N–H and O–H groups in total. The molecule has 0 saturated carbocycles. The molecule has 0 aromatic heterocycles. The average molecular weight is 292 g/mol. The first-order valence-electron chi connectivity index (χ1n) is 6.92. The highest BCUT2D eigenvalue weighted by Crippen LogP contribution is 2.30. The second kappa shape index (κ2) is 6.47. The van der Waals surface area contributed by atoms with Gasteiger partial charge in [-0.25, -0.2) is 0 Å². The van der Waals surface area contributed by atoms with Crippen LogP contribution in [0.25, 0.3) is 0 Å². The summed E-state index contributed by atoms with van der Waals surface area (Å²) in [6, 6.07) is 5.08. The number of carbonyl (C=O) groups is 2. The summed E-state index contributed by atoms with van der Waals surface area (Å²) in [5.41, 5.74) is 0.471. The largest absolute Gasteiger partial charge is 0.486 e. The molecule has 1 aliphatic heterocycles. The third-order valence-electron chi connectivity index (χ3n) is 2.97. The van der Waals surface area contributed by atoms with E-state index < -0.39 is 0 Å². The second-order valence-corrected chi connectivity index (χ2v) is 5.24. The first-order chi connectivity index (χ1) is 9.97. The highest BCUT2D eigenvalue weighted by Gasteiger charge is 2.19. The molecule has 6 heteroatoms. The molecule has 0 bridgehead atoms. The van der Waals surface area contributed by atoms with Gasteiger partial charge in [0.25, 0.3) is 5.91 Å². The first kappa shape index (κ1) is 15.2. The van der Waals surface area contributed by atoms with Crippen molar-refractivity contribution in [2.24, 2.45) is 0 Å². The molecule has 0 atom stereocenters. The quantitative estimate of drug-likeness (QED) is 0.901. The number of amides is 2. The molecule has 21 heavy (non-hydrogen) atoms. The zero-order valence-corrected chi connectivity index (χ0v) is 12.5. The van der Waals surface area contributed by atoms with Crippen LogP contribution in [-0.2, 0) is 4.79 Å². The Hall–Kier alpha value is -2.24. The van der Waals surface area contributed by atoms with E-state index >= 15 is 0 Å². The number of hydrogen-bond donors (Lipinski definition) is 1. The fourth-order valence-electron chi connectivity index (χ4n) is 2.05. The van der Waals surface area contributed by atoms with Gasteiger partial charge in [0.1, 0.15) is 13.2 Å². The van der Waals surface area contributed by atoms with Crippen molar-refractivity contribution in [1.29, 1.82) is 0 Å². The van der Waals surface area contributed by atoms with Gasteiger partial charge >= 0.3 is 0 Å². The molecule has 114 valence electrons. The van der Waals surface area contributed by atoms with E-state index in [0.29, 0.717) is 30.3 Å². The highest BCUT2D eigenvalue weighted by molar-refractivity contribution is 5.96. The van der Waals surface area contributed by atoms with Crippen LogP contribution in [0.4, 0.5) is 0 Å². The Morgan fingerprint density at radius 1 is 1.24 bits per heavy atom. The third-order valence-corrected chi connectivity index (χ3v) is 2.97. The van der Waals surface area contributed by atoms with Crippen LogP contribution in [0.5, 0.6) is 11.5 Å². The Morgan fingerprint density at radius 3 is 2.57 bits per heavy atom. The van der Waals surface area contributed by atoms with E-state index in [4.69, 9.17) is 9.47 Å². The minimum Gasteiger partial charge on any atom is -0.486 e. The molecule has 0 fully saturated rings. The van der Waals surface area contributed by atoms with Crippen LogP contribution in [0.1, 0.15) is 24.2 Å². The number of rotatable bonds is 4. The van der Waals surface area contributed by atoms with Crippen LogP contribution in [0.15, 0.2) is 18.2 Å². The smallest absolute Gasteiger partial charge is 0.254 e. The molecule has 1 aromatic rings. The fourth-order valence-corrected chi connectivity index (χ4v) is 2.05. The maximum atomic E-state index is 12.3. The Morgan fingerprint density at radius 2 is 1.90 bits per heavy atom. The summed E-state index contributed by atoms with van der Waals surface area (Å²) < 4.78 is 10.9. The van der Waals surface area contributed by atoms with Crippen molar-refractivity contribution >= 4 is 11.8 Å². The molecule has 2 rings (SSSR count). The van der Waals surface area contributed by atoms with Gasteiger partial charge in [-0.1, -0.05) is 0 Å². The Labute approximate surface area is 124 Å². The van der Waals surface area contributed by atoms with Crippen molar-refractivity contribution in [2.45, 2.75) is 19.9 Å². The van der Waals surface area contributed by atoms with Crippen LogP contribution in [0, 0.1) is 0 Å². The zero-order chi connectivity index (χ0) is 15.4. The minimum absolute atomic E-state index is 0.0193.